The van der Waals surface area contributed by atoms with Gasteiger partial charge in [0, 0.05) is 21.5 Å². The summed E-state index contributed by atoms with van der Waals surface area (Å²) in [6, 6.07) is 34.2. The molecular formula is C30H26N2O2. The maximum absolute atomic E-state index is 6.81. The fraction of sp³-hybridized carbons (Fsp3) is 0.200. The predicted octanol–water partition coefficient (Wildman–Crippen LogP) is 7.42. The van der Waals surface area contributed by atoms with Gasteiger partial charge in [-0.1, -0.05) is 72.8 Å². The second-order valence-electron chi connectivity index (χ2n) is 9.27. The lowest BCUT2D eigenvalue weighted by atomic mass is 10.2. The molecule has 3 heterocycles. The van der Waals surface area contributed by atoms with Crippen molar-refractivity contribution < 1.29 is 9.47 Å². The van der Waals surface area contributed by atoms with Gasteiger partial charge in [0.2, 0.25) is 0 Å². The van der Waals surface area contributed by atoms with E-state index in [-0.39, 0.29) is 24.7 Å². The molecule has 4 heteroatoms. The van der Waals surface area contributed by atoms with Crippen molar-refractivity contribution in [2.45, 2.75) is 38.5 Å². The summed E-state index contributed by atoms with van der Waals surface area (Å²) in [6.07, 6.45) is -0.714. The van der Waals surface area contributed by atoms with Gasteiger partial charge in [0.05, 0.1) is 22.1 Å². The Labute approximate surface area is 197 Å². The molecular weight excluding hydrogens is 420 g/mol. The fourth-order valence-corrected chi connectivity index (χ4v) is 5.79. The van der Waals surface area contributed by atoms with Gasteiger partial charge in [0.25, 0.3) is 0 Å². The maximum Gasteiger partial charge on any atom is 0.161 e. The van der Waals surface area contributed by atoms with Crippen molar-refractivity contribution in [2.24, 2.45) is 0 Å². The van der Waals surface area contributed by atoms with E-state index in [2.05, 4.69) is 120 Å². The first-order chi connectivity index (χ1) is 16.7. The lowest BCUT2D eigenvalue weighted by Gasteiger charge is -2.41. The molecule has 0 spiro atoms. The van der Waals surface area contributed by atoms with E-state index < -0.39 is 0 Å². The van der Waals surface area contributed by atoms with Crippen LogP contribution in [-0.2, 0) is 9.47 Å². The number of benzene rings is 4. The summed E-state index contributed by atoms with van der Waals surface area (Å²) in [6.45, 7) is 4.25. The second-order valence-corrected chi connectivity index (χ2v) is 9.27. The van der Waals surface area contributed by atoms with Crippen LogP contribution in [0, 0.1) is 0 Å². The minimum atomic E-state index is -0.218. The average molecular weight is 447 g/mol. The number of para-hydroxylation sites is 4. The maximum atomic E-state index is 6.81. The monoisotopic (exact) mass is 446 g/mol. The fourth-order valence-electron chi connectivity index (χ4n) is 5.79. The summed E-state index contributed by atoms with van der Waals surface area (Å²) in [5, 5.41) is 4.97. The molecule has 4 atom stereocenters. The minimum Gasteiger partial charge on any atom is -0.348 e. The first-order valence-corrected chi connectivity index (χ1v) is 12.0. The molecule has 6 aromatic rings. The van der Waals surface area contributed by atoms with E-state index in [0.29, 0.717) is 0 Å². The van der Waals surface area contributed by atoms with E-state index in [1.54, 1.807) is 0 Å². The smallest absolute Gasteiger partial charge is 0.161 e. The van der Waals surface area contributed by atoms with Crippen LogP contribution in [0.4, 0.5) is 0 Å². The lowest BCUT2D eigenvalue weighted by Crippen LogP contribution is -2.42. The van der Waals surface area contributed by atoms with E-state index in [1.165, 1.54) is 43.6 Å². The molecule has 0 radical (unpaired) electrons. The van der Waals surface area contributed by atoms with E-state index in [4.69, 9.17) is 9.47 Å². The van der Waals surface area contributed by atoms with Crippen molar-refractivity contribution in [3.8, 4) is 0 Å². The summed E-state index contributed by atoms with van der Waals surface area (Å²) in [5.41, 5.74) is 4.69. The Balaban J connectivity index is 1.36. The lowest BCUT2D eigenvalue weighted by molar-refractivity contribution is -0.254. The molecule has 1 aliphatic rings. The Morgan fingerprint density at radius 2 is 0.706 bits per heavy atom. The molecule has 0 aliphatic carbocycles. The summed E-state index contributed by atoms with van der Waals surface area (Å²) in [7, 11) is 0. The molecule has 1 saturated heterocycles. The highest BCUT2D eigenvalue weighted by molar-refractivity contribution is 6.09. The average Bonchev–Trinajstić information content (AvgIpc) is 3.39. The molecule has 4 nitrogen and oxygen atoms in total. The van der Waals surface area contributed by atoms with E-state index in [1.807, 2.05) is 0 Å². The van der Waals surface area contributed by atoms with Crippen LogP contribution in [0.1, 0.15) is 26.3 Å². The van der Waals surface area contributed by atoms with Gasteiger partial charge in [0.15, 0.2) is 12.5 Å². The highest BCUT2D eigenvalue weighted by Crippen LogP contribution is 2.42. The zero-order valence-corrected chi connectivity index (χ0v) is 19.3. The minimum absolute atomic E-state index is 0.139. The Bertz CT molecular complexity index is 1450. The molecule has 0 amide bonds. The molecule has 1 aliphatic heterocycles. The van der Waals surface area contributed by atoms with Crippen molar-refractivity contribution in [1.82, 2.24) is 9.13 Å². The first kappa shape index (κ1) is 19.8. The molecule has 1 fully saturated rings. The van der Waals surface area contributed by atoms with Crippen LogP contribution in [0.15, 0.2) is 97.1 Å². The number of fused-ring (bicyclic) bond motifs is 6. The number of ether oxygens (including phenoxy) is 2. The van der Waals surface area contributed by atoms with E-state index in [0.717, 1.165) is 0 Å². The van der Waals surface area contributed by atoms with Crippen molar-refractivity contribution >= 4 is 43.6 Å². The normalized spacial score (nSPS) is 23.4. The zero-order chi connectivity index (χ0) is 22.8. The topological polar surface area (TPSA) is 28.3 Å². The quantitative estimate of drug-likeness (QED) is 0.277. The van der Waals surface area contributed by atoms with Gasteiger partial charge in [0.1, 0.15) is 12.2 Å². The number of nitrogens with zero attached hydrogens (tertiary/aromatic N) is 2. The van der Waals surface area contributed by atoms with Gasteiger partial charge < -0.3 is 18.6 Å². The van der Waals surface area contributed by atoms with Gasteiger partial charge in [-0.25, -0.2) is 0 Å². The van der Waals surface area contributed by atoms with Crippen LogP contribution in [0.3, 0.4) is 0 Å². The molecule has 0 bridgehead atoms. The molecule has 0 N–H and O–H groups in total. The van der Waals surface area contributed by atoms with Crippen LogP contribution in [0.5, 0.6) is 0 Å². The molecule has 2 aromatic heterocycles. The van der Waals surface area contributed by atoms with Gasteiger partial charge in [-0.3, -0.25) is 0 Å². The number of hydrogen-bond acceptors (Lipinski definition) is 2. The van der Waals surface area contributed by atoms with E-state index >= 15 is 0 Å². The van der Waals surface area contributed by atoms with Crippen molar-refractivity contribution in [2.75, 3.05) is 0 Å². The summed E-state index contributed by atoms with van der Waals surface area (Å²) in [4.78, 5) is 0. The third-order valence-corrected chi connectivity index (χ3v) is 7.25. The highest BCUT2D eigenvalue weighted by atomic mass is 16.6. The molecule has 0 saturated carbocycles. The molecule has 4 aromatic carbocycles. The Morgan fingerprint density at radius 1 is 0.441 bits per heavy atom. The Kier molecular flexibility index (Phi) is 4.35. The van der Waals surface area contributed by atoms with E-state index in [9.17, 15) is 0 Å². The van der Waals surface area contributed by atoms with Gasteiger partial charge in [-0.15, -0.1) is 0 Å². The summed E-state index contributed by atoms with van der Waals surface area (Å²) >= 11 is 0. The van der Waals surface area contributed by atoms with Crippen LogP contribution in [0.2, 0.25) is 0 Å². The first-order valence-electron chi connectivity index (χ1n) is 12.0. The van der Waals surface area contributed by atoms with Crippen LogP contribution in [0.25, 0.3) is 43.6 Å². The van der Waals surface area contributed by atoms with Crippen molar-refractivity contribution in [3.63, 3.8) is 0 Å². The number of aromatic nitrogens is 2. The van der Waals surface area contributed by atoms with Gasteiger partial charge in [-0.05, 0) is 38.1 Å². The summed E-state index contributed by atoms with van der Waals surface area (Å²) in [5.74, 6) is 0. The third kappa shape index (κ3) is 2.73. The molecule has 168 valence electrons. The number of hydrogen-bond donors (Lipinski definition) is 0. The highest BCUT2D eigenvalue weighted by Gasteiger charge is 2.38. The van der Waals surface area contributed by atoms with Crippen LogP contribution in [-0.4, -0.2) is 21.3 Å². The van der Waals surface area contributed by atoms with Gasteiger partial charge >= 0.3 is 0 Å². The Morgan fingerprint density at radius 3 is 1.00 bits per heavy atom. The second kappa shape index (κ2) is 7.45. The predicted molar refractivity (Wildman–Crippen MR) is 138 cm³/mol. The molecule has 0 unspecified atom stereocenters. The molecule has 34 heavy (non-hydrogen) atoms. The summed E-state index contributed by atoms with van der Waals surface area (Å²) < 4.78 is 18.2. The molecule has 7 rings (SSSR count). The van der Waals surface area contributed by atoms with Crippen LogP contribution < -0.4 is 0 Å². The third-order valence-electron chi connectivity index (χ3n) is 7.25. The van der Waals surface area contributed by atoms with Gasteiger partial charge in [-0.2, -0.15) is 0 Å². The van der Waals surface area contributed by atoms with Crippen LogP contribution >= 0.6 is 0 Å². The number of rotatable bonds is 2. The largest absolute Gasteiger partial charge is 0.348 e. The Hall–Kier alpha value is -3.60. The van der Waals surface area contributed by atoms with Crippen molar-refractivity contribution in [3.05, 3.63) is 97.1 Å². The zero-order valence-electron chi connectivity index (χ0n) is 19.3. The standard InChI is InChI=1S/C30H26N2O2/c1-19-29(31-25-15-7-3-11-21(25)22-12-4-8-16-26(22)31)34-20(2)30(33-19)32-27-17-9-5-13-23(27)24-14-6-10-18-28(24)32/h3-20,29-30H,1-2H3/t19-,20-,29-,30+/m0/s1. The SMILES string of the molecule is C[C@@H]1O[C@H](n2c3ccccc3c3ccccc32)[C@H](C)O[C@H]1n1c2ccccc2c2ccccc21. The van der Waals surface area contributed by atoms with Crippen molar-refractivity contribution in [1.29, 1.82) is 0 Å².